The van der Waals surface area contributed by atoms with E-state index >= 15 is 0 Å². The largest absolute Gasteiger partial charge is 0.398 e. The lowest BCUT2D eigenvalue weighted by Crippen LogP contribution is -2.51. The van der Waals surface area contributed by atoms with Crippen molar-refractivity contribution >= 4 is 35.7 Å². The zero-order valence-electron chi connectivity index (χ0n) is 13.2. The number of anilines is 2. The van der Waals surface area contributed by atoms with Gasteiger partial charge in [0.15, 0.2) is 0 Å². The van der Waals surface area contributed by atoms with Crippen molar-refractivity contribution in [2.45, 2.75) is 25.8 Å². The van der Waals surface area contributed by atoms with Crippen molar-refractivity contribution in [3.63, 3.8) is 0 Å². The lowest BCUT2D eigenvalue weighted by molar-refractivity contribution is -0.121. The van der Waals surface area contributed by atoms with Crippen LogP contribution in [0.3, 0.4) is 0 Å². The van der Waals surface area contributed by atoms with Crippen LogP contribution in [0.15, 0.2) is 30.9 Å². The van der Waals surface area contributed by atoms with Gasteiger partial charge in [0.05, 0.1) is 0 Å². The standard InChI is InChI=1S/C16H22N4O2.ClH/c1-3-9-18-16(22)19-15(21)11(2)20-10-5-6-12-13(17)7-4-8-14(12)20;/h3-4,7-8,11H,1,5-6,9-10,17H2,2H3,(H2,18,19,21,22);1H. The molecule has 1 aliphatic heterocycles. The van der Waals surface area contributed by atoms with Gasteiger partial charge in [-0.1, -0.05) is 12.1 Å². The minimum atomic E-state index is -0.512. The predicted molar refractivity (Wildman–Crippen MR) is 95.0 cm³/mol. The minimum absolute atomic E-state index is 0. The fraction of sp³-hybridized carbons (Fsp3) is 0.375. The van der Waals surface area contributed by atoms with Crippen LogP contribution >= 0.6 is 12.4 Å². The predicted octanol–water partition coefficient (Wildman–Crippen LogP) is 1.84. The molecule has 126 valence electrons. The molecular formula is C16H23ClN4O2. The van der Waals surface area contributed by atoms with E-state index in [9.17, 15) is 9.59 Å². The number of fused-ring (bicyclic) bond motifs is 1. The Morgan fingerprint density at radius 2 is 2.22 bits per heavy atom. The Morgan fingerprint density at radius 1 is 1.48 bits per heavy atom. The van der Waals surface area contributed by atoms with E-state index < -0.39 is 12.1 Å². The van der Waals surface area contributed by atoms with Gasteiger partial charge in [-0.15, -0.1) is 19.0 Å². The number of rotatable bonds is 4. The Morgan fingerprint density at radius 3 is 2.91 bits per heavy atom. The number of halogens is 1. The van der Waals surface area contributed by atoms with Crippen LogP contribution in [0.1, 0.15) is 18.9 Å². The van der Waals surface area contributed by atoms with Crippen molar-refractivity contribution < 1.29 is 9.59 Å². The van der Waals surface area contributed by atoms with Crippen LogP contribution in [0.4, 0.5) is 16.2 Å². The maximum Gasteiger partial charge on any atom is 0.321 e. The lowest BCUT2D eigenvalue weighted by atomic mass is 9.98. The summed E-state index contributed by atoms with van der Waals surface area (Å²) in [5.41, 5.74) is 8.81. The molecule has 1 aliphatic rings. The molecular weight excluding hydrogens is 316 g/mol. The SMILES string of the molecule is C=CCNC(=O)NC(=O)C(C)N1CCCc2c(N)cccc21.Cl. The van der Waals surface area contributed by atoms with E-state index in [1.165, 1.54) is 0 Å². The maximum atomic E-state index is 12.2. The monoisotopic (exact) mass is 338 g/mol. The second-order valence-corrected chi connectivity index (χ2v) is 5.31. The molecule has 6 nitrogen and oxygen atoms in total. The molecule has 2 rings (SSSR count). The molecule has 0 radical (unpaired) electrons. The molecule has 1 heterocycles. The Balaban J connectivity index is 0.00000264. The Kier molecular flexibility index (Phi) is 6.90. The number of urea groups is 1. The summed E-state index contributed by atoms with van der Waals surface area (Å²) in [5, 5.41) is 4.87. The highest BCUT2D eigenvalue weighted by Crippen LogP contribution is 2.32. The molecule has 3 amide bonds. The number of hydrogen-bond donors (Lipinski definition) is 3. The molecule has 0 aliphatic carbocycles. The summed E-state index contributed by atoms with van der Waals surface area (Å²) in [4.78, 5) is 25.8. The van der Waals surface area contributed by atoms with Gasteiger partial charge < -0.3 is 16.0 Å². The van der Waals surface area contributed by atoms with E-state index in [1.54, 1.807) is 13.0 Å². The summed E-state index contributed by atoms with van der Waals surface area (Å²) in [6, 6.07) is 4.76. The molecule has 0 bridgehead atoms. The van der Waals surface area contributed by atoms with Crippen molar-refractivity contribution in [3.05, 3.63) is 36.4 Å². The molecule has 7 heteroatoms. The minimum Gasteiger partial charge on any atom is -0.398 e. The maximum absolute atomic E-state index is 12.2. The fourth-order valence-corrected chi connectivity index (χ4v) is 2.65. The number of hydrogen-bond acceptors (Lipinski definition) is 4. The molecule has 0 spiro atoms. The number of nitrogen functional groups attached to an aromatic ring is 1. The summed E-state index contributed by atoms with van der Waals surface area (Å²) in [5.74, 6) is -0.336. The highest BCUT2D eigenvalue weighted by atomic mass is 35.5. The van der Waals surface area contributed by atoms with Crippen LogP contribution in [0, 0.1) is 0 Å². The first-order valence-corrected chi connectivity index (χ1v) is 7.38. The Bertz CT molecular complexity index is 591. The highest BCUT2D eigenvalue weighted by molar-refractivity contribution is 5.98. The van der Waals surface area contributed by atoms with Gasteiger partial charge in [-0.3, -0.25) is 10.1 Å². The van der Waals surface area contributed by atoms with E-state index in [2.05, 4.69) is 17.2 Å². The van der Waals surface area contributed by atoms with Gasteiger partial charge in [-0.2, -0.15) is 0 Å². The van der Waals surface area contributed by atoms with E-state index in [0.717, 1.165) is 36.3 Å². The van der Waals surface area contributed by atoms with E-state index in [1.807, 2.05) is 23.1 Å². The molecule has 23 heavy (non-hydrogen) atoms. The summed E-state index contributed by atoms with van der Waals surface area (Å²) in [7, 11) is 0. The summed E-state index contributed by atoms with van der Waals surface area (Å²) in [6.45, 7) is 6.37. The molecule has 0 saturated carbocycles. The van der Waals surface area contributed by atoms with Crippen LogP contribution in [-0.4, -0.2) is 31.1 Å². The van der Waals surface area contributed by atoms with Crippen LogP contribution in [0.25, 0.3) is 0 Å². The third-order valence-electron chi connectivity index (χ3n) is 3.81. The topological polar surface area (TPSA) is 87.5 Å². The van der Waals surface area contributed by atoms with Crippen molar-refractivity contribution in [3.8, 4) is 0 Å². The highest BCUT2D eigenvalue weighted by Gasteiger charge is 2.27. The number of nitrogens with one attached hydrogen (secondary N) is 2. The van der Waals surface area contributed by atoms with E-state index in [0.29, 0.717) is 6.54 Å². The van der Waals surface area contributed by atoms with Gasteiger partial charge in [0.1, 0.15) is 6.04 Å². The number of imide groups is 1. The molecule has 1 unspecified atom stereocenters. The van der Waals surface area contributed by atoms with Crippen LogP contribution in [0.2, 0.25) is 0 Å². The number of benzene rings is 1. The lowest BCUT2D eigenvalue weighted by Gasteiger charge is -2.35. The number of carbonyl (C=O) groups is 2. The number of nitrogens with two attached hydrogens (primary N) is 1. The van der Waals surface area contributed by atoms with Gasteiger partial charge in [-0.05, 0) is 37.5 Å². The fourth-order valence-electron chi connectivity index (χ4n) is 2.65. The second-order valence-electron chi connectivity index (χ2n) is 5.31. The van der Waals surface area contributed by atoms with Crippen LogP contribution in [0.5, 0.6) is 0 Å². The molecule has 0 fully saturated rings. The van der Waals surface area contributed by atoms with Crippen molar-refractivity contribution in [2.24, 2.45) is 0 Å². The molecule has 4 N–H and O–H groups in total. The zero-order chi connectivity index (χ0) is 16.1. The molecule has 0 aromatic heterocycles. The third kappa shape index (κ3) is 4.39. The average molecular weight is 339 g/mol. The van der Waals surface area contributed by atoms with E-state index in [4.69, 9.17) is 5.73 Å². The number of nitrogens with zero attached hydrogens (tertiary/aromatic N) is 1. The molecule has 0 saturated heterocycles. The Labute approximate surface area is 142 Å². The van der Waals surface area contributed by atoms with Crippen LogP contribution < -0.4 is 21.3 Å². The molecule has 1 aromatic rings. The number of carbonyl (C=O) groups excluding carboxylic acids is 2. The molecule has 1 aromatic carbocycles. The number of amides is 3. The van der Waals surface area contributed by atoms with Gasteiger partial charge in [0.2, 0.25) is 5.91 Å². The first-order valence-electron chi connectivity index (χ1n) is 7.38. The summed E-state index contributed by atoms with van der Waals surface area (Å²) < 4.78 is 0. The van der Waals surface area contributed by atoms with Crippen molar-refractivity contribution in [1.82, 2.24) is 10.6 Å². The summed E-state index contributed by atoms with van der Waals surface area (Å²) in [6.07, 6.45) is 3.39. The van der Waals surface area contributed by atoms with Crippen LogP contribution in [-0.2, 0) is 11.2 Å². The van der Waals surface area contributed by atoms with Crippen molar-refractivity contribution in [2.75, 3.05) is 23.7 Å². The van der Waals surface area contributed by atoms with E-state index in [-0.39, 0.29) is 18.3 Å². The first-order chi connectivity index (χ1) is 10.5. The zero-order valence-corrected chi connectivity index (χ0v) is 14.0. The van der Waals surface area contributed by atoms with Crippen molar-refractivity contribution in [1.29, 1.82) is 0 Å². The van der Waals surface area contributed by atoms with Gasteiger partial charge in [0, 0.05) is 24.5 Å². The quantitative estimate of drug-likeness (QED) is 0.577. The average Bonchev–Trinajstić information content (AvgIpc) is 2.52. The summed E-state index contributed by atoms with van der Waals surface area (Å²) >= 11 is 0. The first kappa shape index (κ1) is 18.8. The van der Waals surface area contributed by atoms with Gasteiger partial charge >= 0.3 is 6.03 Å². The van der Waals surface area contributed by atoms with Gasteiger partial charge in [0.25, 0.3) is 0 Å². The normalized spacial score (nSPS) is 14.0. The third-order valence-corrected chi connectivity index (χ3v) is 3.81. The smallest absolute Gasteiger partial charge is 0.321 e. The van der Waals surface area contributed by atoms with Gasteiger partial charge in [-0.25, -0.2) is 4.79 Å². The second kappa shape index (κ2) is 8.43. The molecule has 1 atom stereocenters. The Hall–Kier alpha value is -2.21.